The summed E-state index contributed by atoms with van der Waals surface area (Å²) in [6.45, 7) is 1.81. The molecule has 0 unspecified atom stereocenters. The van der Waals surface area contributed by atoms with Gasteiger partial charge in [-0.1, -0.05) is 18.2 Å². The van der Waals surface area contributed by atoms with Crippen molar-refractivity contribution in [3.05, 3.63) is 65.4 Å². The largest absolute Gasteiger partial charge is 0.496 e. The van der Waals surface area contributed by atoms with E-state index in [9.17, 15) is 0 Å². The van der Waals surface area contributed by atoms with Crippen molar-refractivity contribution in [3.63, 3.8) is 0 Å². The van der Waals surface area contributed by atoms with E-state index < -0.39 is 0 Å². The zero-order chi connectivity index (χ0) is 17.2. The van der Waals surface area contributed by atoms with E-state index in [2.05, 4.69) is 28.6 Å². The van der Waals surface area contributed by atoms with Crippen molar-refractivity contribution in [1.29, 1.82) is 5.26 Å². The number of hydrogen-bond acceptors (Lipinski definition) is 3. The Labute approximate surface area is 147 Å². The summed E-state index contributed by atoms with van der Waals surface area (Å²) in [5.41, 5.74) is 4.37. The molecule has 0 radical (unpaired) electrons. The molecule has 2 N–H and O–H groups in total. The van der Waals surface area contributed by atoms with Crippen LogP contribution in [-0.4, -0.2) is 18.6 Å². The molecular formula is C21H21N3O. The zero-order valence-corrected chi connectivity index (χ0v) is 14.3. The average Bonchev–Trinajstić information content (AvgIpc) is 3.30. The van der Waals surface area contributed by atoms with Gasteiger partial charge in [0.2, 0.25) is 0 Å². The molecule has 1 fully saturated rings. The fourth-order valence-electron chi connectivity index (χ4n) is 3.61. The van der Waals surface area contributed by atoms with Crippen LogP contribution in [0.4, 0.5) is 0 Å². The number of fused-ring (bicyclic) bond motifs is 1. The van der Waals surface area contributed by atoms with E-state index >= 15 is 0 Å². The minimum absolute atomic E-state index is 0.577. The van der Waals surface area contributed by atoms with Crippen LogP contribution in [-0.2, 0) is 6.54 Å². The van der Waals surface area contributed by atoms with E-state index in [1.807, 2.05) is 36.4 Å². The zero-order valence-electron chi connectivity index (χ0n) is 14.3. The summed E-state index contributed by atoms with van der Waals surface area (Å²) in [5.74, 6) is 2.16. The van der Waals surface area contributed by atoms with Gasteiger partial charge in [-0.05, 0) is 54.6 Å². The van der Waals surface area contributed by atoms with Gasteiger partial charge in [-0.3, -0.25) is 0 Å². The number of rotatable bonds is 6. The average molecular weight is 331 g/mol. The van der Waals surface area contributed by atoms with Crippen LogP contribution < -0.4 is 10.1 Å². The number of nitriles is 1. The molecule has 1 aliphatic carbocycles. The standard InChI is InChI=1S/C21H21N3O/c1-25-21-5-3-2-4-15(21)11-23-12-16-9-17(16)19-13-24-20-7-6-14(10-22)8-18(19)20/h2-8,13,16-17,23-24H,9,11-12H2,1H3/t16-,17+/m0/s1. The number of aromatic nitrogens is 1. The molecule has 4 heteroatoms. The topological polar surface area (TPSA) is 60.8 Å². The molecule has 1 aromatic heterocycles. The van der Waals surface area contributed by atoms with Crippen LogP contribution in [0.15, 0.2) is 48.7 Å². The molecule has 2 aromatic carbocycles. The molecule has 0 spiro atoms. The van der Waals surface area contributed by atoms with Gasteiger partial charge >= 0.3 is 0 Å². The van der Waals surface area contributed by atoms with Crippen LogP contribution in [0.2, 0.25) is 0 Å². The summed E-state index contributed by atoms with van der Waals surface area (Å²) >= 11 is 0. The summed E-state index contributed by atoms with van der Waals surface area (Å²) in [4.78, 5) is 3.33. The van der Waals surface area contributed by atoms with Gasteiger partial charge in [-0.2, -0.15) is 5.26 Å². The molecule has 4 nitrogen and oxygen atoms in total. The summed E-state index contributed by atoms with van der Waals surface area (Å²) in [7, 11) is 1.71. The molecular weight excluding hydrogens is 310 g/mol. The predicted molar refractivity (Wildman–Crippen MR) is 98.6 cm³/mol. The summed E-state index contributed by atoms with van der Waals surface area (Å²) in [6, 6.07) is 16.2. The first-order valence-electron chi connectivity index (χ1n) is 8.64. The second-order valence-electron chi connectivity index (χ2n) is 6.66. The summed E-state index contributed by atoms with van der Waals surface area (Å²) in [6.07, 6.45) is 3.30. The fraction of sp³-hybridized carbons (Fsp3) is 0.286. The van der Waals surface area contributed by atoms with Gasteiger partial charge < -0.3 is 15.0 Å². The summed E-state index contributed by atoms with van der Waals surface area (Å²) in [5, 5.41) is 13.9. The van der Waals surface area contributed by atoms with E-state index in [0.29, 0.717) is 11.8 Å². The number of ether oxygens (including phenoxy) is 1. The predicted octanol–water partition coefficient (Wildman–Crippen LogP) is 3.94. The molecule has 25 heavy (non-hydrogen) atoms. The van der Waals surface area contributed by atoms with Crippen molar-refractivity contribution in [2.24, 2.45) is 5.92 Å². The van der Waals surface area contributed by atoms with E-state index in [1.54, 1.807) is 7.11 Å². The van der Waals surface area contributed by atoms with Gasteiger partial charge in [0.15, 0.2) is 0 Å². The second kappa shape index (κ2) is 6.62. The Morgan fingerprint density at radius 2 is 2.16 bits per heavy atom. The van der Waals surface area contributed by atoms with Crippen LogP contribution >= 0.6 is 0 Å². The maximum Gasteiger partial charge on any atom is 0.123 e. The Kier molecular flexibility index (Phi) is 4.17. The van der Waals surface area contributed by atoms with Crippen molar-refractivity contribution >= 4 is 10.9 Å². The Hall–Kier alpha value is -2.77. The Balaban J connectivity index is 1.39. The molecule has 1 aliphatic rings. The van der Waals surface area contributed by atoms with Gasteiger partial charge in [0, 0.05) is 29.2 Å². The first-order chi connectivity index (χ1) is 12.3. The highest BCUT2D eigenvalue weighted by Crippen LogP contribution is 2.49. The molecule has 0 amide bonds. The van der Waals surface area contributed by atoms with Crippen LogP contribution in [0.5, 0.6) is 5.75 Å². The van der Waals surface area contributed by atoms with Crippen LogP contribution in [0.25, 0.3) is 10.9 Å². The number of methoxy groups -OCH3 is 1. The normalized spacial score (nSPS) is 18.9. The van der Waals surface area contributed by atoms with E-state index in [0.717, 1.165) is 29.9 Å². The lowest BCUT2D eigenvalue weighted by Gasteiger charge is -2.09. The number of hydrogen-bond donors (Lipinski definition) is 2. The highest BCUT2D eigenvalue weighted by molar-refractivity contribution is 5.85. The Morgan fingerprint density at radius 3 is 3.00 bits per heavy atom. The third kappa shape index (κ3) is 3.11. The Bertz CT molecular complexity index is 938. The van der Waals surface area contributed by atoms with Gasteiger partial charge in [-0.25, -0.2) is 0 Å². The lowest BCUT2D eigenvalue weighted by molar-refractivity contribution is 0.407. The van der Waals surface area contributed by atoms with E-state index in [1.165, 1.54) is 22.9 Å². The van der Waals surface area contributed by atoms with E-state index in [-0.39, 0.29) is 0 Å². The highest BCUT2D eigenvalue weighted by Gasteiger charge is 2.39. The fourth-order valence-corrected chi connectivity index (χ4v) is 3.61. The van der Waals surface area contributed by atoms with Gasteiger partial charge in [-0.15, -0.1) is 0 Å². The number of nitrogens with zero attached hydrogens (tertiary/aromatic N) is 1. The van der Waals surface area contributed by atoms with Crippen LogP contribution in [0.1, 0.15) is 29.0 Å². The lowest BCUT2D eigenvalue weighted by atomic mass is 10.1. The molecule has 1 saturated carbocycles. The van der Waals surface area contributed by atoms with E-state index in [4.69, 9.17) is 10.00 Å². The third-order valence-corrected chi connectivity index (χ3v) is 5.08. The molecule has 126 valence electrons. The number of aromatic amines is 1. The van der Waals surface area contributed by atoms with Gasteiger partial charge in [0.25, 0.3) is 0 Å². The first-order valence-corrected chi connectivity index (χ1v) is 8.64. The van der Waals surface area contributed by atoms with Gasteiger partial charge in [0.1, 0.15) is 5.75 Å². The van der Waals surface area contributed by atoms with Crippen molar-refractivity contribution < 1.29 is 4.74 Å². The van der Waals surface area contributed by atoms with Crippen molar-refractivity contribution in [2.75, 3.05) is 13.7 Å². The third-order valence-electron chi connectivity index (χ3n) is 5.08. The monoisotopic (exact) mass is 331 g/mol. The van der Waals surface area contributed by atoms with Crippen molar-refractivity contribution in [2.45, 2.75) is 18.9 Å². The van der Waals surface area contributed by atoms with Crippen molar-refractivity contribution in [3.8, 4) is 11.8 Å². The maximum absolute atomic E-state index is 9.12. The number of benzene rings is 2. The minimum Gasteiger partial charge on any atom is -0.496 e. The minimum atomic E-state index is 0.577. The number of nitrogens with one attached hydrogen (secondary N) is 2. The highest BCUT2D eigenvalue weighted by atomic mass is 16.5. The molecule has 0 bridgehead atoms. The molecule has 2 atom stereocenters. The SMILES string of the molecule is COc1ccccc1CNC[C@@H]1C[C@H]1c1c[nH]c2ccc(C#N)cc12. The molecule has 4 rings (SSSR count). The van der Waals surface area contributed by atoms with Gasteiger partial charge in [0.05, 0.1) is 18.7 Å². The smallest absolute Gasteiger partial charge is 0.123 e. The maximum atomic E-state index is 9.12. The lowest BCUT2D eigenvalue weighted by Crippen LogP contribution is -2.17. The Morgan fingerprint density at radius 1 is 1.28 bits per heavy atom. The molecule has 3 aromatic rings. The molecule has 0 aliphatic heterocycles. The van der Waals surface area contributed by atoms with Crippen LogP contribution in [0, 0.1) is 17.2 Å². The number of para-hydroxylation sites is 1. The molecule has 0 saturated heterocycles. The van der Waals surface area contributed by atoms with Crippen LogP contribution in [0.3, 0.4) is 0 Å². The second-order valence-corrected chi connectivity index (χ2v) is 6.66. The van der Waals surface area contributed by atoms with Crippen molar-refractivity contribution in [1.82, 2.24) is 10.3 Å². The number of H-pyrrole nitrogens is 1. The molecule has 1 heterocycles. The first kappa shape index (κ1) is 15.7. The quantitative estimate of drug-likeness (QED) is 0.719. The summed E-state index contributed by atoms with van der Waals surface area (Å²) < 4.78 is 5.40.